The SMILES string of the molecule is [B]c1c(-n2nnnc2C)cc(OC)cc1C(C)(C)C. The van der Waals surface area contributed by atoms with Crippen molar-refractivity contribution < 1.29 is 4.74 Å². The Hall–Kier alpha value is -1.85. The topological polar surface area (TPSA) is 52.8 Å². The first-order valence-corrected chi connectivity index (χ1v) is 6.08. The summed E-state index contributed by atoms with van der Waals surface area (Å²) in [7, 11) is 7.91. The average Bonchev–Trinajstić information content (AvgIpc) is 2.74. The van der Waals surface area contributed by atoms with Crippen molar-refractivity contribution >= 4 is 13.3 Å². The van der Waals surface area contributed by atoms with Gasteiger partial charge in [-0.2, -0.15) is 4.68 Å². The summed E-state index contributed by atoms with van der Waals surface area (Å²) in [5, 5.41) is 11.5. The highest BCUT2D eigenvalue weighted by Crippen LogP contribution is 2.26. The zero-order chi connectivity index (χ0) is 14.2. The summed E-state index contributed by atoms with van der Waals surface area (Å²) in [5.41, 5.74) is 2.34. The van der Waals surface area contributed by atoms with Crippen LogP contribution in [0.2, 0.25) is 0 Å². The minimum absolute atomic E-state index is 0.0880. The highest BCUT2D eigenvalue weighted by Gasteiger charge is 2.20. The number of methoxy groups -OCH3 is 1. The molecular weight excluding hydrogens is 239 g/mol. The Morgan fingerprint density at radius 2 is 1.95 bits per heavy atom. The van der Waals surface area contributed by atoms with Gasteiger partial charge in [0.15, 0.2) is 5.82 Å². The molecule has 0 unspecified atom stereocenters. The first kappa shape index (κ1) is 13.6. The molecule has 0 saturated heterocycles. The Morgan fingerprint density at radius 3 is 2.42 bits per heavy atom. The number of aryl methyl sites for hydroxylation is 1. The Balaban J connectivity index is 2.71. The molecule has 0 aliphatic heterocycles. The molecule has 2 aromatic rings. The van der Waals surface area contributed by atoms with E-state index < -0.39 is 0 Å². The Morgan fingerprint density at radius 1 is 1.26 bits per heavy atom. The number of aromatic nitrogens is 4. The van der Waals surface area contributed by atoms with Gasteiger partial charge in [-0.25, -0.2) is 0 Å². The number of benzene rings is 1. The van der Waals surface area contributed by atoms with E-state index in [9.17, 15) is 0 Å². The van der Waals surface area contributed by atoms with Crippen molar-refractivity contribution in [1.29, 1.82) is 0 Å². The van der Waals surface area contributed by atoms with Crippen molar-refractivity contribution in [2.45, 2.75) is 33.1 Å². The predicted molar refractivity (Wildman–Crippen MR) is 74.5 cm³/mol. The van der Waals surface area contributed by atoms with Gasteiger partial charge in [0.1, 0.15) is 13.6 Å². The van der Waals surface area contributed by atoms with E-state index in [1.807, 2.05) is 19.1 Å². The number of tetrazole rings is 1. The van der Waals surface area contributed by atoms with Crippen LogP contribution in [0.25, 0.3) is 5.69 Å². The minimum Gasteiger partial charge on any atom is -0.497 e. The van der Waals surface area contributed by atoms with E-state index in [1.165, 1.54) is 0 Å². The molecule has 1 aromatic carbocycles. The van der Waals surface area contributed by atoms with E-state index in [0.717, 1.165) is 17.0 Å². The molecule has 0 bridgehead atoms. The summed E-state index contributed by atoms with van der Waals surface area (Å²) in [4.78, 5) is 0. The minimum atomic E-state index is -0.0880. The lowest BCUT2D eigenvalue weighted by atomic mass is 9.76. The molecule has 0 spiro atoms. The second kappa shape index (κ2) is 4.68. The molecule has 2 radical (unpaired) electrons. The van der Waals surface area contributed by atoms with Crippen LogP contribution in [0, 0.1) is 6.92 Å². The highest BCUT2D eigenvalue weighted by atomic mass is 16.5. The molecular formula is C13H17BN4O. The standard InChI is InChI=1S/C13H17BN4O/c1-8-15-16-17-18(8)11-7-9(19-5)6-10(12(11)14)13(2,3)4/h6-7H,1-5H3. The van der Waals surface area contributed by atoms with E-state index in [1.54, 1.807) is 11.8 Å². The molecule has 0 N–H and O–H groups in total. The van der Waals surface area contributed by atoms with Crippen molar-refractivity contribution in [2.75, 3.05) is 7.11 Å². The molecule has 2 rings (SSSR count). The maximum atomic E-state index is 6.28. The van der Waals surface area contributed by atoms with Gasteiger partial charge in [-0.1, -0.05) is 26.2 Å². The molecule has 0 aliphatic carbocycles. The highest BCUT2D eigenvalue weighted by molar-refractivity contribution is 6.36. The second-order valence-corrected chi connectivity index (χ2v) is 5.50. The van der Waals surface area contributed by atoms with E-state index >= 15 is 0 Å². The fourth-order valence-electron chi connectivity index (χ4n) is 1.98. The fraction of sp³-hybridized carbons (Fsp3) is 0.462. The van der Waals surface area contributed by atoms with Crippen LogP contribution in [0.4, 0.5) is 0 Å². The van der Waals surface area contributed by atoms with Crippen LogP contribution >= 0.6 is 0 Å². The number of ether oxygens (including phenoxy) is 1. The summed E-state index contributed by atoms with van der Waals surface area (Å²) in [6.07, 6.45) is 0. The Labute approximate surface area is 114 Å². The first-order valence-electron chi connectivity index (χ1n) is 6.08. The second-order valence-electron chi connectivity index (χ2n) is 5.50. The van der Waals surface area contributed by atoms with Crippen molar-refractivity contribution in [2.24, 2.45) is 0 Å². The van der Waals surface area contributed by atoms with Crippen LogP contribution < -0.4 is 10.2 Å². The Kier molecular flexibility index (Phi) is 3.35. The van der Waals surface area contributed by atoms with Crippen molar-refractivity contribution in [3.05, 3.63) is 23.5 Å². The van der Waals surface area contributed by atoms with Gasteiger partial charge in [0.25, 0.3) is 0 Å². The summed E-state index contributed by atoms with van der Waals surface area (Å²) in [6.45, 7) is 8.15. The molecule has 0 amide bonds. The molecule has 1 aromatic heterocycles. The molecule has 0 aliphatic rings. The van der Waals surface area contributed by atoms with Crippen LogP contribution in [-0.4, -0.2) is 35.2 Å². The van der Waals surface area contributed by atoms with E-state index in [4.69, 9.17) is 12.6 Å². The lowest BCUT2D eigenvalue weighted by Gasteiger charge is -2.24. The summed E-state index contributed by atoms with van der Waals surface area (Å²) in [5.74, 6) is 1.42. The normalized spacial score (nSPS) is 11.6. The molecule has 0 atom stereocenters. The van der Waals surface area contributed by atoms with Gasteiger partial charge >= 0.3 is 0 Å². The van der Waals surface area contributed by atoms with Gasteiger partial charge in [-0.3, -0.25) is 0 Å². The molecule has 0 fully saturated rings. The predicted octanol–water partition coefficient (Wildman–Crippen LogP) is 1.07. The third-order valence-corrected chi connectivity index (χ3v) is 3.03. The van der Waals surface area contributed by atoms with Crippen LogP contribution in [0.5, 0.6) is 5.75 Å². The third kappa shape index (κ3) is 2.48. The summed E-state index contributed by atoms with van der Waals surface area (Å²) in [6, 6.07) is 3.80. The average molecular weight is 256 g/mol. The maximum Gasteiger partial charge on any atom is 0.153 e. The van der Waals surface area contributed by atoms with E-state index in [-0.39, 0.29) is 5.41 Å². The Bertz CT molecular complexity index is 601. The quantitative estimate of drug-likeness (QED) is 0.754. The molecule has 6 heteroatoms. The maximum absolute atomic E-state index is 6.28. The van der Waals surface area contributed by atoms with Crippen LogP contribution in [0.15, 0.2) is 12.1 Å². The van der Waals surface area contributed by atoms with Crippen molar-refractivity contribution in [3.8, 4) is 11.4 Å². The molecule has 5 nitrogen and oxygen atoms in total. The van der Waals surface area contributed by atoms with E-state index in [0.29, 0.717) is 11.3 Å². The van der Waals surface area contributed by atoms with Crippen molar-refractivity contribution in [1.82, 2.24) is 20.2 Å². The monoisotopic (exact) mass is 256 g/mol. The van der Waals surface area contributed by atoms with Gasteiger partial charge in [0, 0.05) is 6.07 Å². The van der Waals surface area contributed by atoms with Gasteiger partial charge in [-0.05, 0) is 34.4 Å². The lowest BCUT2D eigenvalue weighted by Crippen LogP contribution is -2.27. The smallest absolute Gasteiger partial charge is 0.153 e. The summed E-state index contributed by atoms with van der Waals surface area (Å²) >= 11 is 0. The molecule has 98 valence electrons. The number of rotatable bonds is 2. The summed E-state index contributed by atoms with van der Waals surface area (Å²) < 4.78 is 6.96. The molecule has 19 heavy (non-hydrogen) atoms. The fourth-order valence-corrected chi connectivity index (χ4v) is 1.98. The third-order valence-electron chi connectivity index (χ3n) is 3.03. The number of hydrogen-bond donors (Lipinski definition) is 0. The molecule has 0 saturated carbocycles. The zero-order valence-electron chi connectivity index (χ0n) is 11.9. The van der Waals surface area contributed by atoms with Gasteiger partial charge in [0.2, 0.25) is 0 Å². The van der Waals surface area contributed by atoms with Crippen LogP contribution in [0.3, 0.4) is 0 Å². The largest absolute Gasteiger partial charge is 0.497 e. The van der Waals surface area contributed by atoms with E-state index in [2.05, 4.69) is 36.3 Å². The lowest BCUT2D eigenvalue weighted by molar-refractivity contribution is 0.412. The van der Waals surface area contributed by atoms with Gasteiger partial charge in [-0.15, -0.1) is 5.10 Å². The first-order chi connectivity index (χ1) is 8.84. The zero-order valence-corrected chi connectivity index (χ0v) is 11.9. The van der Waals surface area contributed by atoms with Gasteiger partial charge < -0.3 is 4.74 Å². The van der Waals surface area contributed by atoms with Crippen LogP contribution in [0.1, 0.15) is 32.2 Å². The molecule has 1 heterocycles. The van der Waals surface area contributed by atoms with Crippen LogP contribution in [-0.2, 0) is 5.41 Å². The van der Waals surface area contributed by atoms with Gasteiger partial charge in [0.05, 0.1) is 12.8 Å². The number of nitrogens with zero attached hydrogens (tertiary/aromatic N) is 4. The van der Waals surface area contributed by atoms with Crippen molar-refractivity contribution in [3.63, 3.8) is 0 Å². The number of hydrogen-bond acceptors (Lipinski definition) is 4.